The van der Waals surface area contributed by atoms with Crippen molar-refractivity contribution in [2.45, 2.75) is 277 Å². The quantitative estimate of drug-likeness (QED) is 0.00431. The first-order valence-electron chi connectivity index (χ1n) is 47.5. The molecular weight excluding hydrogens is 1710 g/mol. The first kappa shape index (κ1) is 103. The molecule has 2 saturated heterocycles. The number of allylic oxidation sites excluding steroid dienone is 1. The maximum Gasteiger partial charge on any atom is 0.310 e. The predicted octanol–water partition coefficient (Wildman–Crippen LogP) is 9.24. The molecule has 10 amide bonds. The first-order valence-corrected chi connectivity index (χ1v) is 48.5. The number of aliphatic hydroxyl groups is 1. The van der Waals surface area contributed by atoms with Crippen LogP contribution in [-0.2, 0) is 83.2 Å². The van der Waals surface area contributed by atoms with Gasteiger partial charge in [0.25, 0.3) is 0 Å². The molecule has 3 aromatic carbocycles. The number of fused-ring (bicyclic) bond motifs is 6. The number of hydrogen-bond acceptors (Lipinski definition) is 17. The number of anilines is 1. The number of esters is 1. The summed E-state index contributed by atoms with van der Waals surface area (Å²) in [6.07, 6.45) is 22.9. The van der Waals surface area contributed by atoms with E-state index in [-0.39, 0.29) is 117 Å². The van der Waals surface area contributed by atoms with E-state index in [1.54, 1.807) is 50.7 Å². The van der Waals surface area contributed by atoms with E-state index in [4.69, 9.17) is 39.1 Å². The van der Waals surface area contributed by atoms with Crippen LogP contribution in [-0.4, -0.2) is 213 Å². The molecule has 4 aliphatic carbocycles. The molecule has 17 N–H and O–H groups in total. The Balaban J connectivity index is 0.000000336. The van der Waals surface area contributed by atoms with E-state index >= 15 is 0 Å². The molecule has 131 heavy (non-hydrogen) atoms. The number of aliphatic hydroxyl groups excluding tert-OH is 1. The van der Waals surface area contributed by atoms with Crippen LogP contribution in [0.1, 0.15) is 214 Å². The van der Waals surface area contributed by atoms with Gasteiger partial charge in [0.15, 0.2) is 5.96 Å². The number of phenolic OH excluding ortho intramolecular Hbond substituents is 1. The molecule has 0 bridgehead atoms. The van der Waals surface area contributed by atoms with Crippen LogP contribution in [0, 0.1) is 63.6 Å². The highest BCUT2D eigenvalue weighted by molar-refractivity contribution is 6.18. The molecule has 33 heteroatoms. The first-order chi connectivity index (χ1) is 62.6. The number of nitrogens with two attached hydrogens (primary N) is 1. The van der Waals surface area contributed by atoms with Gasteiger partial charge in [0.1, 0.15) is 66.2 Å². The highest BCUT2D eigenvalue weighted by atomic mass is 35.5. The molecule has 0 unspecified atom stereocenters. The zero-order valence-corrected chi connectivity index (χ0v) is 79.5. The minimum Gasteiger partial charge on any atom is -0.508 e. The van der Waals surface area contributed by atoms with Crippen LogP contribution in [0.4, 0.5) is 5.69 Å². The molecule has 2 aliphatic heterocycles. The molecule has 0 radical (unpaired) electrons. The van der Waals surface area contributed by atoms with Crippen LogP contribution in [0.2, 0.25) is 0 Å². The predicted molar refractivity (Wildman–Crippen MR) is 506 cm³/mol. The maximum atomic E-state index is 14.7. The number of imidazole rings is 1. The van der Waals surface area contributed by atoms with Gasteiger partial charge in [0.2, 0.25) is 59.1 Å². The second kappa shape index (κ2) is 48.9. The Morgan fingerprint density at radius 3 is 1.89 bits per heavy atom. The van der Waals surface area contributed by atoms with Crippen LogP contribution in [0.5, 0.6) is 5.75 Å². The number of ether oxygens (including phenoxy) is 1. The Bertz CT molecular complexity index is 4700. The highest BCUT2D eigenvalue weighted by Crippen LogP contribution is 2.67. The van der Waals surface area contributed by atoms with Gasteiger partial charge in [-0.05, 0) is 202 Å². The average Bonchev–Trinajstić information content (AvgIpc) is 1.65. The number of para-hydroxylation sites is 1. The molecule has 11 rings (SSSR count). The van der Waals surface area contributed by atoms with Crippen molar-refractivity contribution < 1.29 is 67.7 Å². The highest BCUT2D eigenvalue weighted by Gasteiger charge is 2.59. The number of nitrogens with zero attached hydrogens (tertiary/aromatic N) is 3. The number of alkyl halides is 2. The number of amides is 10. The molecule has 5 aromatic rings. The minimum atomic E-state index is -1.75. The van der Waals surface area contributed by atoms with E-state index in [9.17, 15) is 63.0 Å². The van der Waals surface area contributed by atoms with Crippen molar-refractivity contribution in [1.29, 1.82) is 5.41 Å². The lowest BCUT2D eigenvalue weighted by atomic mass is 9.47. The molecule has 17 atom stereocenters. The lowest BCUT2D eigenvalue weighted by Crippen LogP contribution is -2.61. The van der Waals surface area contributed by atoms with Gasteiger partial charge in [-0.15, -0.1) is 23.2 Å². The number of benzene rings is 3. The summed E-state index contributed by atoms with van der Waals surface area (Å²) in [5, 5.41) is 56.1. The van der Waals surface area contributed by atoms with Crippen molar-refractivity contribution in [3.63, 3.8) is 0 Å². The number of phenols is 1. The Morgan fingerprint density at radius 1 is 0.656 bits per heavy atom. The van der Waals surface area contributed by atoms with Gasteiger partial charge in [-0.3, -0.25) is 58.1 Å². The van der Waals surface area contributed by atoms with Crippen molar-refractivity contribution in [2.24, 2.45) is 63.9 Å². The van der Waals surface area contributed by atoms with Crippen molar-refractivity contribution in [1.82, 2.24) is 73.0 Å². The monoisotopic (exact) mass is 1850 g/mol. The van der Waals surface area contributed by atoms with Gasteiger partial charge in [-0.1, -0.05) is 136 Å². The fourth-order valence-electron chi connectivity index (χ4n) is 21.1. The number of carbonyl (C=O) groups is 11. The summed E-state index contributed by atoms with van der Waals surface area (Å²) in [5.41, 5.74) is 12.2. The number of rotatable bonds is 45. The largest absolute Gasteiger partial charge is 0.508 e. The smallest absolute Gasteiger partial charge is 0.310 e. The van der Waals surface area contributed by atoms with Crippen LogP contribution in [0.3, 0.4) is 0 Å². The molecule has 31 nitrogen and oxygen atoms in total. The molecule has 5 fully saturated rings. The molecule has 4 heterocycles. The normalized spacial score (nSPS) is 22.7. The number of aromatic amines is 2. The molecule has 2 aromatic heterocycles. The number of carbonyl (C=O) groups excluding carboxylic acids is 11. The topological polar surface area (TPSA) is 459 Å². The van der Waals surface area contributed by atoms with Gasteiger partial charge in [-0.25, -0.2) is 4.98 Å². The fraction of sp³-hybridized carbons (Fsp3) is 0.622. The van der Waals surface area contributed by atoms with Crippen molar-refractivity contribution in [3.8, 4) is 5.75 Å². The van der Waals surface area contributed by atoms with E-state index in [0.717, 1.165) is 84.6 Å². The second-order valence-electron chi connectivity index (χ2n) is 38.7. The van der Waals surface area contributed by atoms with Crippen LogP contribution in [0.25, 0.3) is 10.9 Å². The third-order valence-electron chi connectivity index (χ3n) is 27.9. The average molecular weight is 1850 g/mol. The lowest BCUT2D eigenvalue weighted by Gasteiger charge is -2.58. The Morgan fingerprint density at radius 2 is 1.27 bits per heavy atom. The molecular formula is C98H143Cl2N17O14. The summed E-state index contributed by atoms with van der Waals surface area (Å²) >= 11 is 11.9. The number of hydrogen-bond donors (Lipinski definition) is 16. The number of aromatic nitrogens is 3. The number of halogens is 2. The third-order valence-corrected chi connectivity index (χ3v) is 28.2. The van der Waals surface area contributed by atoms with Crippen LogP contribution in [0.15, 0.2) is 103 Å². The summed E-state index contributed by atoms with van der Waals surface area (Å²) in [6.45, 7) is 22.9. The number of aromatic hydroxyl groups is 1. The summed E-state index contributed by atoms with van der Waals surface area (Å²) in [5.74, 6) is -1.59. The zero-order valence-electron chi connectivity index (χ0n) is 78.0. The summed E-state index contributed by atoms with van der Waals surface area (Å²) in [7, 11) is 0. The van der Waals surface area contributed by atoms with Gasteiger partial charge in [0.05, 0.1) is 19.4 Å². The van der Waals surface area contributed by atoms with Crippen molar-refractivity contribution in [2.75, 3.05) is 56.0 Å². The fourth-order valence-corrected chi connectivity index (χ4v) is 21.5. The standard InChI is InChI=1S/C59H84N16O12.C39H59Cl2NO2/c1-6-63-57(86)48-14-10-22-75(48)58(87)41(13-9-21-64-59(60)61)68-51(80)42(23-32(2)3)69-52(81)43(24-33(4)5)70-53(82)44(25-34-15-17-37(77)18-16-34)71-56(85)47(30-76)74-54(83)45(26-35-28-65-39-12-8-7-11-38(35)39)72-55(84)46(27-36-29-62-31-66-36)73-50(79)40-19-20-49(78)67-40;1-27(2)7-6-8-28(3)34-15-16-35-33-14-11-30-26-32(17-19-38(30,4)36(33)18-20-39(34,35)5)44-37(43)25-29-9-12-31(13-10-29)42(23-21-40)24-22-41/h7-8,11-12,15-18,28-29,31-33,40-48,65,76-77H,6,9-10,13-14,19-27,30H2,1-5H3,(H,62,66)(H,63,86)(H,67,78)(H,68,80)(H,69,81)(H,70,82)(H,71,85)(H,72,84)(H,73,79)(H,74,83)(H4,60,61,64);9-13,27-28,32-36H,6-8,14-26H2,1-5H3/t40-,41-,42-,43+,44-,45-,46-,47-,48-;28-,32+,33+,34-,35+,36+,38+,39-/m01/s1. The van der Waals surface area contributed by atoms with Crippen LogP contribution >= 0.6 is 23.2 Å². The van der Waals surface area contributed by atoms with E-state index < -0.39 is 108 Å². The molecule has 0 spiro atoms. The Kier molecular flexibility index (Phi) is 38.4. The molecule has 6 aliphatic rings. The number of nitrogens with one attached hydrogen (secondary N) is 13. The Labute approximate surface area is 781 Å². The van der Waals surface area contributed by atoms with Gasteiger partial charge < -0.3 is 93.6 Å². The zero-order chi connectivity index (χ0) is 94.8. The van der Waals surface area contributed by atoms with Gasteiger partial charge in [-0.2, -0.15) is 0 Å². The number of likely N-dealkylation sites (N-methyl/N-ethyl adjacent to an activating group) is 1. The summed E-state index contributed by atoms with van der Waals surface area (Å²) in [6, 6.07) is 9.75. The second-order valence-corrected chi connectivity index (χ2v) is 39.4. The van der Waals surface area contributed by atoms with E-state index in [1.165, 1.54) is 93.1 Å². The van der Waals surface area contributed by atoms with Crippen LogP contribution < -0.4 is 63.8 Å². The van der Waals surface area contributed by atoms with E-state index in [1.807, 2.05) is 32.0 Å². The van der Waals surface area contributed by atoms with Crippen molar-refractivity contribution >= 4 is 111 Å². The molecule has 3 saturated carbocycles. The van der Waals surface area contributed by atoms with Crippen molar-refractivity contribution in [3.05, 3.63) is 126 Å². The number of likely N-dealkylation sites (tertiary alicyclic amines) is 1. The van der Waals surface area contributed by atoms with E-state index in [2.05, 4.69) is 126 Å². The van der Waals surface area contributed by atoms with Gasteiger partial charge >= 0.3 is 5.97 Å². The number of H-pyrrole nitrogens is 2. The van der Waals surface area contributed by atoms with Gasteiger partial charge in [0, 0.05) is 111 Å². The third kappa shape index (κ3) is 28.4. The number of guanidine groups is 1. The maximum absolute atomic E-state index is 14.7. The molecule has 718 valence electrons. The Hall–Kier alpha value is -10.3. The lowest BCUT2D eigenvalue weighted by molar-refractivity contribution is -0.150. The van der Waals surface area contributed by atoms with E-state index in [0.29, 0.717) is 71.6 Å². The summed E-state index contributed by atoms with van der Waals surface area (Å²) < 4.78 is 6.13. The minimum absolute atomic E-state index is 0.0111. The summed E-state index contributed by atoms with van der Waals surface area (Å²) in [4.78, 5) is 166. The SMILES string of the molecule is CC(C)CCC[C@@H](C)[C@H]1CC[C@H]2[C@@H]3CC=C4C[C@@H](OC(=O)Cc5ccc(N(CCCl)CCCl)cc5)CC[C@]4(C)[C@H]3CC[C@]12C.CCNC(=O)[C@@H]1CCCN1C(=O)[C@H](CCCNC(=N)N)NC(=O)[C@H](CC(C)C)NC(=O)[C@@H](CC(C)C)NC(=O)[C@H](Cc1ccc(O)cc1)NC(=O)[C@H](CO)NC(=O)[C@H](Cc1c[nH]c2ccccc12)NC(=O)[C@H](Cc1cnc[nH]1)NC(=O)[C@@H]1CCC(=O)N1.